The van der Waals surface area contributed by atoms with Gasteiger partial charge < -0.3 is 5.32 Å². The summed E-state index contributed by atoms with van der Waals surface area (Å²) >= 11 is 1.50. The van der Waals surface area contributed by atoms with Crippen LogP contribution in [0.3, 0.4) is 0 Å². The van der Waals surface area contributed by atoms with Gasteiger partial charge in [-0.2, -0.15) is 4.37 Å². The maximum atomic E-state index is 4.47. The highest BCUT2D eigenvalue weighted by atomic mass is 32.1. The minimum absolute atomic E-state index is 0.600. The van der Waals surface area contributed by atoms with Crippen LogP contribution < -0.4 is 5.32 Å². The lowest BCUT2D eigenvalue weighted by Gasteiger charge is -2.20. The van der Waals surface area contributed by atoms with E-state index in [2.05, 4.69) is 35.4 Å². The molecule has 0 amide bonds. The van der Waals surface area contributed by atoms with Gasteiger partial charge >= 0.3 is 0 Å². The second kappa shape index (κ2) is 5.13. The Morgan fingerprint density at radius 3 is 2.75 bits per heavy atom. The van der Waals surface area contributed by atoms with Crippen LogP contribution in [0.1, 0.15) is 45.9 Å². The fraction of sp³-hybridized carbons (Fsp3) is 0.833. The molecule has 16 heavy (non-hydrogen) atoms. The summed E-state index contributed by atoms with van der Waals surface area (Å²) in [7, 11) is 0. The van der Waals surface area contributed by atoms with Gasteiger partial charge in [0.05, 0.1) is 0 Å². The third-order valence-electron chi connectivity index (χ3n) is 3.84. The quantitative estimate of drug-likeness (QED) is 0.875. The molecule has 4 heteroatoms. The molecule has 0 saturated heterocycles. The van der Waals surface area contributed by atoms with E-state index in [0.717, 1.165) is 29.2 Å². The molecular formula is C12H21N3S. The van der Waals surface area contributed by atoms with Gasteiger partial charge in [-0.05, 0) is 24.7 Å². The Morgan fingerprint density at radius 1 is 1.38 bits per heavy atom. The Morgan fingerprint density at radius 2 is 2.19 bits per heavy atom. The lowest BCUT2D eigenvalue weighted by molar-refractivity contribution is 0.392. The van der Waals surface area contributed by atoms with Crippen LogP contribution in [-0.2, 0) is 6.42 Å². The van der Waals surface area contributed by atoms with Crippen molar-refractivity contribution in [3.05, 3.63) is 5.82 Å². The van der Waals surface area contributed by atoms with Crippen molar-refractivity contribution in [2.24, 2.45) is 11.8 Å². The number of rotatable bonds is 4. The number of aromatic nitrogens is 2. The van der Waals surface area contributed by atoms with E-state index >= 15 is 0 Å². The number of hydrogen-bond acceptors (Lipinski definition) is 4. The maximum Gasteiger partial charge on any atom is 0.202 e. The van der Waals surface area contributed by atoms with Crippen molar-refractivity contribution >= 4 is 16.7 Å². The minimum Gasteiger partial charge on any atom is -0.357 e. The molecule has 1 aromatic heterocycles. The second-order valence-corrected chi connectivity index (χ2v) is 5.48. The molecule has 0 bridgehead atoms. The number of aryl methyl sites for hydroxylation is 1. The highest BCUT2D eigenvalue weighted by Gasteiger charge is 2.31. The fourth-order valence-corrected chi connectivity index (χ4v) is 3.35. The Labute approximate surface area is 102 Å². The zero-order valence-corrected chi connectivity index (χ0v) is 11.2. The van der Waals surface area contributed by atoms with Crippen molar-refractivity contribution in [3.63, 3.8) is 0 Å². The predicted octanol–water partition coefficient (Wildman–Crippen LogP) is 3.34. The summed E-state index contributed by atoms with van der Waals surface area (Å²) in [5, 5.41) is 4.56. The van der Waals surface area contributed by atoms with Crippen LogP contribution in [-0.4, -0.2) is 15.4 Å². The van der Waals surface area contributed by atoms with Crippen LogP contribution in [0.2, 0.25) is 0 Å². The minimum atomic E-state index is 0.600. The van der Waals surface area contributed by atoms with E-state index in [-0.39, 0.29) is 0 Å². The molecule has 90 valence electrons. The summed E-state index contributed by atoms with van der Waals surface area (Å²) < 4.78 is 4.31. The highest BCUT2D eigenvalue weighted by Crippen LogP contribution is 2.35. The van der Waals surface area contributed by atoms with E-state index in [9.17, 15) is 0 Å². The van der Waals surface area contributed by atoms with E-state index in [1.807, 2.05) is 0 Å². The van der Waals surface area contributed by atoms with Crippen molar-refractivity contribution in [2.75, 3.05) is 5.32 Å². The molecule has 3 atom stereocenters. The average molecular weight is 239 g/mol. The van der Waals surface area contributed by atoms with Crippen LogP contribution in [0.5, 0.6) is 0 Å². The van der Waals surface area contributed by atoms with E-state index in [4.69, 9.17) is 0 Å². The lowest BCUT2D eigenvalue weighted by atomic mass is 9.94. The predicted molar refractivity (Wildman–Crippen MR) is 68.9 cm³/mol. The first-order valence-electron chi connectivity index (χ1n) is 6.33. The molecule has 0 aliphatic heterocycles. The maximum absolute atomic E-state index is 4.47. The van der Waals surface area contributed by atoms with Gasteiger partial charge in [-0.15, -0.1) is 0 Å². The van der Waals surface area contributed by atoms with Crippen molar-refractivity contribution in [1.82, 2.24) is 9.36 Å². The van der Waals surface area contributed by atoms with Crippen LogP contribution in [0, 0.1) is 11.8 Å². The summed E-state index contributed by atoms with van der Waals surface area (Å²) in [4.78, 5) is 4.47. The van der Waals surface area contributed by atoms with E-state index in [1.165, 1.54) is 30.8 Å². The molecule has 0 aromatic carbocycles. The number of anilines is 1. The second-order valence-electron chi connectivity index (χ2n) is 4.72. The van der Waals surface area contributed by atoms with E-state index in [1.54, 1.807) is 0 Å². The summed E-state index contributed by atoms with van der Waals surface area (Å²) in [5.74, 6) is 2.61. The first kappa shape index (κ1) is 11.8. The van der Waals surface area contributed by atoms with Gasteiger partial charge in [0.1, 0.15) is 5.82 Å². The smallest absolute Gasteiger partial charge is 0.202 e. The number of hydrogen-bond donors (Lipinski definition) is 1. The largest absolute Gasteiger partial charge is 0.357 e. The summed E-state index contributed by atoms with van der Waals surface area (Å²) in [5.41, 5.74) is 0. The van der Waals surface area contributed by atoms with Crippen LogP contribution in [0.15, 0.2) is 0 Å². The highest BCUT2D eigenvalue weighted by molar-refractivity contribution is 7.09. The normalized spacial score (nSPS) is 29.6. The topological polar surface area (TPSA) is 37.8 Å². The molecule has 1 aromatic rings. The molecule has 1 aliphatic carbocycles. The summed E-state index contributed by atoms with van der Waals surface area (Å²) in [6.45, 7) is 6.75. The standard InChI is InChI=1S/C12H21N3S/c1-4-9-6-7-10(8(9)3)13-12-14-11(5-2)15-16-12/h8-10H,4-7H2,1-3H3,(H,13,14,15). The van der Waals surface area contributed by atoms with Crippen molar-refractivity contribution in [1.29, 1.82) is 0 Å². The van der Waals surface area contributed by atoms with Gasteiger partial charge in [0, 0.05) is 24.0 Å². The Balaban J connectivity index is 1.95. The molecular weight excluding hydrogens is 218 g/mol. The van der Waals surface area contributed by atoms with Gasteiger partial charge in [0.2, 0.25) is 5.13 Å². The molecule has 3 nitrogen and oxygen atoms in total. The number of nitrogens with zero attached hydrogens (tertiary/aromatic N) is 2. The molecule has 0 spiro atoms. The molecule has 1 aliphatic rings. The molecule has 2 rings (SSSR count). The number of nitrogens with one attached hydrogen (secondary N) is 1. The van der Waals surface area contributed by atoms with E-state index in [0.29, 0.717) is 6.04 Å². The van der Waals surface area contributed by atoms with Gasteiger partial charge in [-0.3, -0.25) is 0 Å². The molecule has 3 unspecified atom stereocenters. The summed E-state index contributed by atoms with van der Waals surface area (Å²) in [6, 6.07) is 0.600. The third kappa shape index (κ3) is 2.37. The SMILES string of the molecule is CCc1nsc(NC2CCC(CC)C2C)n1. The van der Waals surface area contributed by atoms with E-state index < -0.39 is 0 Å². The fourth-order valence-electron chi connectivity index (χ4n) is 2.64. The van der Waals surface area contributed by atoms with Gasteiger partial charge in [0.25, 0.3) is 0 Å². The van der Waals surface area contributed by atoms with Crippen LogP contribution in [0.25, 0.3) is 0 Å². The van der Waals surface area contributed by atoms with Gasteiger partial charge in [-0.25, -0.2) is 4.98 Å². The van der Waals surface area contributed by atoms with Crippen molar-refractivity contribution < 1.29 is 0 Å². The molecule has 1 fully saturated rings. The lowest BCUT2D eigenvalue weighted by Crippen LogP contribution is -2.24. The Hall–Kier alpha value is -0.640. The zero-order chi connectivity index (χ0) is 11.5. The molecule has 1 heterocycles. The molecule has 1 N–H and O–H groups in total. The Kier molecular flexibility index (Phi) is 3.79. The first-order chi connectivity index (χ1) is 7.74. The van der Waals surface area contributed by atoms with Crippen molar-refractivity contribution in [2.45, 2.75) is 52.5 Å². The van der Waals surface area contributed by atoms with Crippen LogP contribution in [0.4, 0.5) is 5.13 Å². The molecule has 0 radical (unpaired) electrons. The third-order valence-corrected chi connectivity index (χ3v) is 4.53. The summed E-state index contributed by atoms with van der Waals surface area (Å²) in [6.07, 6.45) is 4.86. The van der Waals surface area contributed by atoms with Gasteiger partial charge in [-0.1, -0.05) is 27.2 Å². The van der Waals surface area contributed by atoms with Crippen LogP contribution >= 0.6 is 11.5 Å². The van der Waals surface area contributed by atoms with Gasteiger partial charge in [0.15, 0.2) is 0 Å². The average Bonchev–Trinajstić information content (AvgIpc) is 2.88. The first-order valence-corrected chi connectivity index (χ1v) is 7.11. The Bertz CT molecular complexity index is 337. The molecule has 1 saturated carbocycles. The van der Waals surface area contributed by atoms with Crippen molar-refractivity contribution in [3.8, 4) is 0 Å². The zero-order valence-electron chi connectivity index (χ0n) is 10.4. The monoisotopic (exact) mass is 239 g/mol.